The summed E-state index contributed by atoms with van der Waals surface area (Å²) in [6.07, 6.45) is 8.38. The van der Waals surface area contributed by atoms with E-state index in [0.29, 0.717) is 18.9 Å². The highest BCUT2D eigenvalue weighted by Crippen LogP contribution is 2.30. The van der Waals surface area contributed by atoms with Crippen molar-refractivity contribution in [2.75, 3.05) is 11.9 Å². The lowest BCUT2D eigenvalue weighted by molar-refractivity contribution is -0.130. The second-order valence-corrected chi connectivity index (χ2v) is 8.29. The summed E-state index contributed by atoms with van der Waals surface area (Å²) in [7, 11) is 0. The van der Waals surface area contributed by atoms with E-state index in [0.717, 1.165) is 31.5 Å². The maximum absolute atomic E-state index is 12.9. The van der Waals surface area contributed by atoms with Crippen molar-refractivity contribution >= 4 is 17.5 Å². The molecule has 0 spiro atoms. The first kappa shape index (κ1) is 19.9. The predicted molar refractivity (Wildman–Crippen MR) is 108 cm³/mol. The van der Waals surface area contributed by atoms with Crippen LogP contribution in [0.2, 0.25) is 0 Å². The Balaban J connectivity index is 1.62. The molecule has 0 aromatic heterocycles. The summed E-state index contributed by atoms with van der Waals surface area (Å²) in [5, 5.41) is 5.96. The lowest BCUT2D eigenvalue weighted by Gasteiger charge is -2.36. The van der Waals surface area contributed by atoms with Gasteiger partial charge in [0.05, 0.1) is 0 Å². The maximum Gasteiger partial charge on any atom is 0.250 e. The molecular weight excluding hydrogens is 338 g/mol. The fourth-order valence-electron chi connectivity index (χ4n) is 4.47. The van der Waals surface area contributed by atoms with Crippen LogP contribution in [-0.2, 0) is 16.1 Å². The fraction of sp³-hybridized carbons (Fsp3) is 0.636. The average molecular weight is 372 g/mol. The van der Waals surface area contributed by atoms with Crippen molar-refractivity contribution in [2.45, 2.75) is 83.3 Å². The second kappa shape index (κ2) is 8.87. The molecule has 2 fully saturated rings. The van der Waals surface area contributed by atoms with Crippen molar-refractivity contribution in [1.29, 1.82) is 0 Å². The second-order valence-electron chi connectivity index (χ2n) is 8.29. The number of carbonyl (C=O) groups excluding carboxylic acids is 2. The van der Waals surface area contributed by atoms with E-state index in [4.69, 9.17) is 0 Å². The summed E-state index contributed by atoms with van der Waals surface area (Å²) < 4.78 is 0. The molecule has 0 radical (unpaired) electrons. The Bertz CT molecular complexity index is 650. The topological polar surface area (TPSA) is 61.4 Å². The summed E-state index contributed by atoms with van der Waals surface area (Å²) in [6, 6.07) is 8.80. The average Bonchev–Trinajstić information content (AvgIpc) is 2.65. The van der Waals surface area contributed by atoms with Gasteiger partial charge in [0.2, 0.25) is 11.8 Å². The molecule has 1 heterocycles. The van der Waals surface area contributed by atoms with Crippen molar-refractivity contribution < 1.29 is 9.59 Å². The van der Waals surface area contributed by atoms with E-state index in [2.05, 4.69) is 34.6 Å². The van der Waals surface area contributed by atoms with Gasteiger partial charge in [-0.2, -0.15) is 0 Å². The SMILES string of the molecule is CC(=O)NC1(C(=O)Nc2ccc(CN3CCCCC3C)cc2)CCCCC1. The molecule has 148 valence electrons. The van der Waals surface area contributed by atoms with Crippen molar-refractivity contribution in [3.63, 3.8) is 0 Å². The summed E-state index contributed by atoms with van der Waals surface area (Å²) in [4.78, 5) is 27.1. The van der Waals surface area contributed by atoms with Crippen LogP contribution in [0.25, 0.3) is 0 Å². The van der Waals surface area contributed by atoms with Crippen LogP contribution in [0.3, 0.4) is 0 Å². The van der Waals surface area contributed by atoms with Crippen LogP contribution >= 0.6 is 0 Å². The summed E-state index contributed by atoms with van der Waals surface area (Å²) >= 11 is 0. The minimum Gasteiger partial charge on any atom is -0.342 e. The Labute approximate surface area is 162 Å². The molecule has 1 aromatic rings. The first-order valence-corrected chi connectivity index (χ1v) is 10.4. The van der Waals surface area contributed by atoms with Gasteiger partial charge < -0.3 is 10.6 Å². The molecule has 1 unspecified atom stereocenters. The quantitative estimate of drug-likeness (QED) is 0.827. The standard InChI is InChI=1S/C22H33N3O2/c1-17-8-4-7-15-25(17)16-19-9-11-20(12-10-19)23-21(27)22(24-18(2)26)13-5-3-6-14-22/h9-12,17H,3-8,13-16H2,1-2H3,(H,23,27)(H,24,26). The van der Waals surface area contributed by atoms with E-state index in [-0.39, 0.29) is 11.8 Å². The lowest BCUT2D eigenvalue weighted by atomic mass is 9.80. The third-order valence-electron chi connectivity index (χ3n) is 6.10. The van der Waals surface area contributed by atoms with Gasteiger partial charge in [-0.3, -0.25) is 14.5 Å². The summed E-state index contributed by atoms with van der Waals surface area (Å²) in [5.41, 5.74) is 1.31. The molecule has 1 saturated heterocycles. The fourth-order valence-corrected chi connectivity index (χ4v) is 4.47. The summed E-state index contributed by atoms with van der Waals surface area (Å²) in [5.74, 6) is -0.229. The van der Waals surface area contributed by atoms with Gasteiger partial charge in [0.1, 0.15) is 5.54 Å². The zero-order chi connectivity index (χ0) is 19.3. The number of nitrogens with one attached hydrogen (secondary N) is 2. The van der Waals surface area contributed by atoms with E-state index >= 15 is 0 Å². The van der Waals surface area contributed by atoms with Gasteiger partial charge in [-0.1, -0.05) is 37.8 Å². The number of carbonyl (C=O) groups is 2. The van der Waals surface area contributed by atoms with E-state index in [1.807, 2.05) is 12.1 Å². The van der Waals surface area contributed by atoms with Gasteiger partial charge >= 0.3 is 0 Å². The third kappa shape index (κ3) is 5.10. The van der Waals surface area contributed by atoms with Gasteiger partial charge in [0.25, 0.3) is 0 Å². The highest BCUT2D eigenvalue weighted by atomic mass is 16.2. The van der Waals surface area contributed by atoms with Gasteiger partial charge in [0, 0.05) is 25.2 Å². The van der Waals surface area contributed by atoms with Crippen LogP contribution in [0.4, 0.5) is 5.69 Å². The molecule has 1 atom stereocenters. The summed E-state index contributed by atoms with van der Waals surface area (Å²) in [6.45, 7) is 5.92. The number of hydrogen-bond acceptors (Lipinski definition) is 3. The first-order valence-electron chi connectivity index (χ1n) is 10.4. The molecule has 5 nitrogen and oxygen atoms in total. The van der Waals surface area contributed by atoms with Crippen molar-refractivity contribution in [1.82, 2.24) is 10.2 Å². The maximum atomic E-state index is 12.9. The van der Waals surface area contributed by atoms with Crippen LogP contribution in [0.15, 0.2) is 24.3 Å². The van der Waals surface area contributed by atoms with Crippen LogP contribution < -0.4 is 10.6 Å². The number of benzene rings is 1. The zero-order valence-electron chi connectivity index (χ0n) is 16.7. The van der Waals surface area contributed by atoms with Crippen molar-refractivity contribution in [2.24, 2.45) is 0 Å². The lowest BCUT2D eigenvalue weighted by Crippen LogP contribution is -2.57. The largest absolute Gasteiger partial charge is 0.342 e. The Morgan fingerprint density at radius 1 is 1.07 bits per heavy atom. The molecule has 2 N–H and O–H groups in total. The molecule has 1 aliphatic carbocycles. The van der Waals surface area contributed by atoms with Crippen molar-refractivity contribution in [3.8, 4) is 0 Å². The minimum absolute atomic E-state index is 0.0881. The van der Waals surface area contributed by atoms with E-state index < -0.39 is 5.54 Å². The van der Waals surface area contributed by atoms with Gasteiger partial charge in [0.15, 0.2) is 0 Å². The van der Waals surface area contributed by atoms with Crippen LogP contribution in [0, 0.1) is 0 Å². The highest BCUT2D eigenvalue weighted by Gasteiger charge is 2.40. The number of nitrogens with zero attached hydrogens (tertiary/aromatic N) is 1. The van der Waals surface area contributed by atoms with E-state index in [1.165, 1.54) is 38.3 Å². The van der Waals surface area contributed by atoms with Crippen LogP contribution in [0.5, 0.6) is 0 Å². The number of hydrogen-bond donors (Lipinski definition) is 2. The predicted octanol–water partition coefficient (Wildman–Crippen LogP) is 3.84. The Hall–Kier alpha value is -1.88. The first-order chi connectivity index (χ1) is 13.0. The number of piperidine rings is 1. The van der Waals surface area contributed by atoms with Crippen LogP contribution in [-0.4, -0.2) is 34.8 Å². The molecule has 1 saturated carbocycles. The van der Waals surface area contributed by atoms with Gasteiger partial charge in [-0.05, 0) is 56.8 Å². The number of amides is 2. The molecule has 3 rings (SSSR count). The number of likely N-dealkylation sites (tertiary alicyclic amines) is 1. The number of anilines is 1. The third-order valence-corrected chi connectivity index (χ3v) is 6.10. The molecule has 1 aliphatic heterocycles. The Morgan fingerprint density at radius 3 is 2.41 bits per heavy atom. The molecule has 5 heteroatoms. The molecular formula is C22H33N3O2. The van der Waals surface area contributed by atoms with Crippen LogP contribution in [0.1, 0.15) is 70.8 Å². The normalized spacial score (nSPS) is 22.8. The molecule has 0 bridgehead atoms. The molecule has 27 heavy (non-hydrogen) atoms. The van der Waals surface area contributed by atoms with Gasteiger partial charge in [-0.25, -0.2) is 0 Å². The van der Waals surface area contributed by atoms with Gasteiger partial charge in [-0.15, -0.1) is 0 Å². The zero-order valence-corrected chi connectivity index (χ0v) is 16.7. The monoisotopic (exact) mass is 371 g/mol. The molecule has 2 aliphatic rings. The van der Waals surface area contributed by atoms with Crippen molar-refractivity contribution in [3.05, 3.63) is 29.8 Å². The Kier molecular flexibility index (Phi) is 6.53. The Morgan fingerprint density at radius 2 is 1.78 bits per heavy atom. The van der Waals surface area contributed by atoms with E-state index in [9.17, 15) is 9.59 Å². The highest BCUT2D eigenvalue weighted by molar-refractivity contribution is 6.00. The molecule has 2 amide bonds. The minimum atomic E-state index is -0.758. The smallest absolute Gasteiger partial charge is 0.250 e. The number of rotatable bonds is 5. The molecule has 1 aromatic carbocycles. The van der Waals surface area contributed by atoms with E-state index in [1.54, 1.807) is 0 Å².